The molecular formula is C16H21N. The highest BCUT2D eigenvalue weighted by Gasteiger charge is 2.13. The van der Waals surface area contributed by atoms with Crippen molar-refractivity contribution in [1.82, 2.24) is 5.32 Å². The Balaban J connectivity index is 2.14. The first kappa shape index (κ1) is 12.2. The van der Waals surface area contributed by atoms with Gasteiger partial charge in [-0.2, -0.15) is 0 Å². The van der Waals surface area contributed by atoms with E-state index in [1.165, 1.54) is 42.4 Å². The normalized spacial score (nSPS) is 17.9. The summed E-state index contributed by atoms with van der Waals surface area (Å²) in [5, 5.41) is 3.42. The molecule has 1 aliphatic rings. The Morgan fingerprint density at radius 3 is 2.59 bits per heavy atom. The first-order valence-corrected chi connectivity index (χ1v) is 6.54. The second kappa shape index (κ2) is 5.38. The smallest absolute Gasteiger partial charge is 0.0662 e. The number of hydrogen-bond acceptors (Lipinski definition) is 1. The van der Waals surface area contributed by atoms with Crippen LogP contribution in [-0.2, 0) is 12.8 Å². The minimum atomic E-state index is 0.126. The van der Waals surface area contributed by atoms with Crippen molar-refractivity contribution >= 4 is 0 Å². The maximum Gasteiger partial charge on any atom is 0.0662 e. The standard InChI is InChI=1S/C16H21N/c1-4-12(2)17-13(3)15-10-9-14-7-5-6-8-16(14)11-15/h1,9-13,17H,5-8H2,2-3H3. The average molecular weight is 227 g/mol. The fourth-order valence-corrected chi connectivity index (χ4v) is 2.54. The van der Waals surface area contributed by atoms with E-state index in [0.717, 1.165) is 0 Å². The van der Waals surface area contributed by atoms with E-state index in [2.05, 4.69) is 36.4 Å². The van der Waals surface area contributed by atoms with Gasteiger partial charge in [-0.25, -0.2) is 0 Å². The summed E-state index contributed by atoms with van der Waals surface area (Å²) in [5.41, 5.74) is 4.43. The van der Waals surface area contributed by atoms with Crippen LogP contribution in [0.3, 0.4) is 0 Å². The van der Waals surface area contributed by atoms with Crippen LogP contribution in [0.1, 0.15) is 49.4 Å². The fourth-order valence-electron chi connectivity index (χ4n) is 2.54. The highest BCUT2D eigenvalue weighted by molar-refractivity contribution is 5.35. The van der Waals surface area contributed by atoms with Crippen molar-refractivity contribution in [2.75, 3.05) is 0 Å². The molecule has 0 radical (unpaired) electrons. The average Bonchev–Trinajstić information content (AvgIpc) is 2.38. The highest BCUT2D eigenvalue weighted by Crippen LogP contribution is 2.24. The molecule has 0 amide bonds. The molecule has 1 aliphatic carbocycles. The van der Waals surface area contributed by atoms with E-state index in [9.17, 15) is 0 Å². The van der Waals surface area contributed by atoms with Crippen molar-refractivity contribution in [3.8, 4) is 12.3 Å². The van der Waals surface area contributed by atoms with Gasteiger partial charge in [0.2, 0.25) is 0 Å². The third-order valence-corrected chi connectivity index (χ3v) is 3.62. The van der Waals surface area contributed by atoms with Crippen molar-refractivity contribution in [3.05, 3.63) is 34.9 Å². The van der Waals surface area contributed by atoms with E-state index in [1.54, 1.807) is 0 Å². The zero-order chi connectivity index (χ0) is 12.3. The van der Waals surface area contributed by atoms with Crippen LogP contribution >= 0.6 is 0 Å². The van der Waals surface area contributed by atoms with Crippen molar-refractivity contribution in [2.24, 2.45) is 0 Å². The van der Waals surface area contributed by atoms with Gasteiger partial charge in [0.15, 0.2) is 0 Å². The van der Waals surface area contributed by atoms with Gasteiger partial charge in [0, 0.05) is 6.04 Å². The minimum Gasteiger partial charge on any atom is -0.297 e. The molecule has 0 heterocycles. The quantitative estimate of drug-likeness (QED) is 0.782. The summed E-state index contributed by atoms with van der Waals surface area (Å²) in [7, 11) is 0. The van der Waals surface area contributed by atoms with Gasteiger partial charge in [0.25, 0.3) is 0 Å². The lowest BCUT2D eigenvalue weighted by Crippen LogP contribution is -2.27. The van der Waals surface area contributed by atoms with Gasteiger partial charge < -0.3 is 0 Å². The maximum atomic E-state index is 5.40. The molecule has 2 atom stereocenters. The van der Waals surface area contributed by atoms with Crippen LogP contribution in [0.25, 0.3) is 0 Å². The molecule has 90 valence electrons. The SMILES string of the molecule is C#CC(C)NC(C)c1ccc2c(c1)CCCC2. The molecule has 1 nitrogen and oxygen atoms in total. The maximum absolute atomic E-state index is 5.40. The van der Waals surface area contributed by atoms with Crippen molar-refractivity contribution in [2.45, 2.75) is 51.6 Å². The second-order valence-corrected chi connectivity index (χ2v) is 5.01. The third-order valence-electron chi connectivity index (χ3n) is 3.62. The van der Waals surface area contributed by atoms with E-state index in [1.807, 2.05) is 6.92 Å². The monoisotopic (exact) mass is 227 g/mol. The number of aryl methyl sites for hydroxylation is 2. The zero-order valence-corrected chi connectivity index (χ0v) is 10.8. The lowest BCUT2D eigenvalue weighted by Gasteiger charge is -2.21. The van der Waals surface area contributed by atoms with Crippen molar-refractivity contribution < 1.29 is 0 Å². The molecule has 0 saturated carbocycles. The van der Waals surface area contributed by atoms with Crippen LogP contribution in [-0.4, -0.2) is 6.04 Å². The Morgan fingerprint density at radius 2 is 1.88 bits per heavy atom. The molecule has 2 unspecified atom stereocenters. The topological polar surface area (TPSA) is 12.0 Å². The van der Waals surface area contributed by atoms with Crippen LogP contribution in [0.15, 0.2) is 18.2 Å². The molecule has 0 bridgehead atoms. The number of benzene rings is 1. The molecule has 1 aromatic carbocycles. The summed E-state index contributed by atoms with van der Waals surface area (Å²) in [6.07, 6.45) is 10.6. The summed E-state index contributed by atoms with van der Waals surface area (Å²) in [5.74, 6) is 2.72. The molecule has 0 aliphatic heterocycles. The number of fused-ring (bicyclic) bond motifs is 1. The third kappa shape index (κ3) is 2.90. The molecule has 1 aromatic rings. The summed E-state index contributed by atoms with van der Waals surface area (Å²) < 4.78 is 0. The number of rotatable bonds is 3. The van der Waals surface area contributed by atoms with Gasteiger partial charge in [0.05, 0.1) is 6.04 Å². The van der Waals surface area contributed by atoms with E-state index >= 15 is 0 Å². The Hall–Kier alpha value is -1.26. The Morgan fingerprint density at radius 1 is 1.18 bits per heavy atom. The van der Waals surface area contributed by atoms with Gasteiger partial charge in [-0.3, -0.25) is 5.32 Å². The lowest BCUT2D eigenvalue weighted by molar-refractivity contribution is 0.545. The predicted molar refractivity (Wildman–Crippen MR) is 72.9 cm³/mol. The lowest BCUT2D eigenvalue weighted by atomic mass is 9.89. The van der Waals surface area contributed by atoms with E-state index < -0.39 is 0 Å². The predicted octanol–water partition coefficient (Wildman–Crippen LogP) is 3.24. The summed E-state index contributed by atoms with van der Waals surface area (Å²) in [6.45, 7) is 4.20. The van der Waals surface area contributed by atoms with Gasteiger partial charge in [-0.1, -0.05) is 24.1 Å². The van der Waals surface area contributed by atoms with E-state index in [4.69, 9.17) is 6.42 Å². The number of terminal acetylenes is 1. The largest absolute Gasteiger partial charge is 0.297 e. The molecule has 2 rings (SSSR count). The minimum absolute atomic E-state index is 0.126. The van der Waals surface area contributed by atoms with Gasteiger partial charge in [-0.05, 0) is 56.2 Å². The molecule has 17 heavy (non-hydrogen) atoms. The molecular weight excluding hydrogens is 206 g/mol. The van der Waals surface area contributed by atoms with Crippen LogP contribution in [0.5, 0.6) is 0 Å². The molecule has 0 fully saturated rings. The van der Waals surface area contributed by atoms with E-state index in [0.29, 0.717) is 6.04 Å². The van der Waals surface area contributed by atoms with Crippen molar-refractivity contribution in [3.63, 3.8) is 0 Å². The van der Waals surface area contributed by atoms with Crippen LogP contribution in [0.4, 0.5) is 0 Å². The first-order valence-electron chi connectivity index (χ1n) is 6.54. The molecule has 0 aromatic heterocycles. The zero-order valence-electron chi connectivity index (χ0n) is 10.8. The molecule has 1 heteroatoms. The van der Waals surface area contributed by atoms with Gasteiger partial charge in [0.1, 0.15) is 0 Å². The molecule has 0 saturated heterocycles. The van der Waals surface area contributed by atoms with Crippen molar-refractivity contribution in [1.29, 1.82) is 0 Å². The highest BCUT2D eigenvalue weighted by atomic mass is 14.9. The van der Waals surface area contributed by atoms with Gasteiger partial charge in [-0.15, -0.1) is 6.42 Å². The van der Waals surface area contributed by atoms with Crippen LogP contribution in [0.2, 0.25) is 0 Å². The van der Waals surface area contributed by atoms with E-state index in [-0.39, 0.29) is 6.04 Å². The van der Waals surface area contributed by atoms with Gasteiger partial charge >= 0.3 is 0 Å². The Kier molecular flexibility index (Phi) is 3.86. The van der Waals surface area contributed by atoms with Crippen LogP contribution < -0.4 is 5.32 Å². The Labute approximate surface area is 105 Å². The summed E-state index contributed by atoms with van der Waals surface area (Å²) in [6, 6.07) is 7.34. The fraction of sp³-hybridized carbons (Fsp3) is 0.500. The van der Waals surface area contributed by atoms with Crippen LogP contribution in [0, 0.1) is 12.3 Å². The molecule has 1 N–H and O–H groups in total. The number of nitrogens with one attached hydrogen (secondary N) is 1. The first-order chi connectivity index (χ1) is 8.20. The number of hydrogen-bond donors (Lipinski definition) is 1. The summed E-state index contributed by atoms with van der Waals surface area (Å²) in [4.78, 5) is 0. The Bertz CT molecular complexity index is 428. The summed E-state index contributed by atoms with van der Waals surface area (Å²) >= 11 is 0. The molecule has 0 spiro atoms. The second-order valence-electron chi connectivity index (χ2n) is 5.01.